The SMILES string of the molecule is O=S1CCN(c2nc(N3CCNCC3)nc3c(NCc4ccc(F)cc4)ncnc23)CC1. The van der Waals surface area contributed by atoms with Gasteiger partial charge in [-0.3, -0.25) is 4.21 Å². The number of nitrogens with one attached hydrogen (secondary N) is 2. The fraction of sp³-hybridized carbons (Fsp3) is 0.429. The minimum absolute atomic E-state index is 0.262. The van der Waals surface area contributed by atoms with Crippen molar-refractivity contribution in [3.63, 3.8) is 0 Å². The van der Waals surface area contributed by atoms with Crippen molar-refractivity contribution in [2.45, 2.75) is 6.54 Å². The van der Waals surface area contributed by atoms with E-state index < -0.39 is 10.8 Å². The van der Waals surface area contributed by atoms with Gasteiger partial charge in [-0.25, -0.2) is 19.3 Å². The minimum Gasteiger partial charge on any atom is -0.364 e. The summed E-state index contributed by atoms with van der Waals surface area (Å²) in [5, 5.41) is 6.68. The van der Waals surface area contributed by atoms with E-state index in [1.165, 1.54) is 18.5 Å². The molecule has 0 saturated carbocycles. The Morgan fingerprint density at radius 1 is 0.969 bits per heavy atom. The van der Waals surface area contributed by atoms with E-state index in [-0.39, 0.29) is 5.82 Å². The summed E-state index contributed by atoms with van der Waals surface area (Å²) < 4.78 is 25.1. The van der Waals surface area contributed by atoms with Crippen LogP contribution < -0.4 is 20.4 Å². The summed E-state index contributed by atoms with van der Waals surface area (Å²) in [6.07, 6.45) is 1.51. The highest BCUT2D eigenvalue weighted by Gasteiger charge is 2.24. The highest BCUT2D eigenvalue weighted by molar-refractivity contribution is 7.85. The normalized spacial score (nSPS) is 17.7. The maximum absolute atomic E-state index is 13.2. The van der Waals surface area contributed by atoms with Crippen LogP contribution in [-0.4, -0.2) is 74.9 Å². The van der Waals surface area contributed by atoms with Crippen molar-refractivity contribution in [1.82, 2.24) is 25.3 Å². The molecule has 2 fully saturated rings. The molecule has 0 spiro atoms. The lowest BCUT2D eigenvalue weighted by atomic mass is 10.2. The Kier molecular flexibility index (Phi) is 6.08. The van der Waals surface area contributed by atoms with Crippen molar-refractivity contribution in [3.05, 3.63) is 42.0 Å². The average Bonchev–Trinajstić information content (AvgIpc) is 2.84. The molecule has 0 atom stereocenters. The first-order chi connectivity index (χ1) is 15.7. The molecule has 1 aromatic carbocycles. The van der Waals surface area contributed by atoms with Crippen molar-refractivity contribution < 1.29 is 8.60 Å². The molecular weight excluding hydrogens is 431 g/mol. The molecule has 5 rings (SSSR count). The van der Waals surface area contributed by atoms with Gasteiger partial charge in [0, 0.05) is 68.1 Å². The molecule has 0 bridgehead atoms. The number of rotatable bonds is 5. The van der Waals surface area contributed by atoms with Gasteiger partial charge in [0.05, 0.1) is 0 Å². The molecule has 2 aromatic heterocycles. The second-order valence-corrected chi connectivity index (χ2v) is 9.52. The molecule has 0 amide bonds. The number of benzene rings is 1. The van der Waals surface area contributed by atoms with Crippen molar-refractivity contribution in [2.24, 2.45) is 0 Å². The first-order valence-electron chi connectivity index (χ1n) is 10.7. The molecular formula is C21H25FN8OS. The highest BCUT2D eigenvalue weighted by atomic mass is 32.2. The Morgan fingerprint density at radius 2 is 1.72 bits per heavy atom. The van der Waals surface area contributed by atoms with Gasteiger partial charge in [-0.2, -0.15) is 4.98 Å². The second kappa shape index (κ2) is 9.29. The Bertz CT molecular complexity index is 1110. The maximum Gasteiger partial charge on any atom is 0.228 e. The molecule has 0 aliphatic carbocycles. The average molecular weight is 457 g/mol. The fourth-order valence-corrected chi connectivity index (χ4v) is 4.97. The molecule has 0 radical (unpaired) electrons. The van der Waals surface area contributed by atoms with Crippen LogP contribution in [0.2, 0.25) is 0 Å². The van der Waals surface area contributed by atoms with E-state index in [0.717, 1.165) is 37.6 Å². The van der Waals surface area contributed by atoms with Gasteiger partial charge in [0.25, 0.3) is 0 Å². The number of piperazine rings is 1. The summed E-state index contributed by atoms with van der Waals surface area (Å²) in [5.41, 5.74) is 2.27. The van der Waals surface area contributed by atoms with Gasteiger partial charge >= 0.3 is 0 Å². The molecule has 32 heavy (non-hydrogen) atoms. The van der Waals surface area contributed by atoms with Crippen molar-refractivity contribution in [2.75, 3.05) is 65.9 Å². The molecule has 168 valence electrons. The number of anilines is 3. The third kappa shape index (κ3) is 4.49. The highest BCUT2D eigenvalue weighted by Crippen LogP contribution is 2.29. The Morgan fingerprint density at radius 3 is 2.47 bits per heavy atom. The molecule has 4 heterocycles. The van der Waals surface area contributed by atoms with Gasteiger partial charge in [-0.05, 0) is 17.7 Å². The molecule has 11 heteroatoms. The van der Waals surface area contributed by atoms with Crippen molar-refractivity contribution >= 4 is 39.4 Å². The van der Waals surface area contributed by atoms with Crippen molar-refractivity contribution in [3.8, 4) is 0 Å². The van der Waals surface area contributed by atoms with Crippen LogP contribution in [0, 0.1) is 5.82 Å². The van der Waals surface area contributed by atoms with Gasteiger partial charge < -0.3 is 20.4 Å². The van der Waals surface area contributed by atoms with Gasteiger partial charge in [-0.1, -0.05) is 12.1 Å². The zero-order valence-electron chi connectivity index (χ0n) is 17.6. The second-order valence-electron chi connectivity index (χ2n) is 7.82. The van der Waals surface area contributed by atoms with E-state index in [0.29, 0.717) is 53.9 Å². The van der Waals surface area contributed by atoms with E-state index in [2.05, 4.69) is 30.4 Å². The van der Waals surface area contributed by atoms with Crippen LogP contribution in [-0.2, 0) is 17.3 Å². The lowest BCUT2D eigenvalue weighted by molar-refractivity contribution is 0.580. The number of halogens is 1. The maximum atomic E-state index is 13.2. The molecule has 2 aliphatic rings. The number of hydrogen-bond acceptors (Lipinski definition) is 9. The van der Waals surface area contributed by atoms with Gasteiger partial charge in [0.2, 0.25) is 5.95 Å². The monoisotopic (exact) mass is 456 g/mol. The lowest BCUT2D eigenvalue weighted by Gasteiger charge is -2.31. The number of hydrogen-bond donors (Lipinski definition) is 2. The van der Waals surface area contributed by atoms with Crippen LogP contribution in [0.4, 0.5) is 22.0 Å². The Labute approximate surface area is 187 Å². The summed E-state index contributed by atoms with van der Waals surface area (Å²) in [6.45, 7) is 5.21. The van der Waals surface area contributed by atoms with Crippen LogP contribution in [0.3, 0.4) is 0 Å². The number of fused-ring (bicyclic) bond motifs is 1. The smallest absolute Gasteiger partial charge is 0.228 e. The number of aromatic nitrogens is 4. The molecule has 0 unspecified atom stereocenters. The fourth-order valence-electron chi connectivity index (χ4n) is 3.91. The molecule has 3 aromatic rings. The standard InChI is InChI=1S/C21H25FN8OS/c22-16-3-1-15(2-4-16)13-24-19-17-18(25-14-26-19)20(29-9-11-32(31)12-10-29)28-21(27-17)30-7-5-23-6-8-30/h1-4,14,23H,5-13H2,(H,24,25,26). The first-order valence-corrected chi connectivity index (χ1v) is 12.2. The van der Waals surface area contributed by atoms with Crippen LogP contribution in [0.25, 0.3) is 11.0 Å². The topological polar surface area (TPSA) is 99.2 Å². The van der Waals surface area contributed by atoms with Crippen LogP contribution in [0.15, 0.2) is 30.6 Å². The van der Waals surface area contributed by atoms with Gasteiger partial charge in [-0.15, -0.1) is 0 Å². The molecule has 2 aliphatic heterocycles. The van der Waals surface area contributed by atoms with E-state index in [9.17, 15) is 8.60 Å². The number of nitrogens with zero attached hydrogens (tertiary/aromatic N) is 6. The predicted molar refractivity (Wildman–Crippen MR) is 124 cm³/mol. The minimum atomic E-state index is -0.784. The largest absolute Gasteiger partial charge is 0.364 e. The van der Waals surface area contributed by atoms with E-state index in [1.807, 2.05) is 0 Å². The molecule has 2 N–H and O–H groups in total. The van der Waals surface area contributed by atoms with Crippen LogP contribution >= 0.6 is 0 Å². The van der Waals surface area contributed by atoms with E-state index in [4.69, 9.17) is 9.97 Å². The Balaban J connectivity index is 1.53. The van der Waals surface area contributed by atoms with Crippen LogP contribution in [0.5, 0.6) is 0 Å². The summed E-state index contributed by atoms with van der Waals surface area (Å²) in [7, 11) is -0.784. The van der Waals surface area contributed by atoms with Crippen LogP contribution in [0.1, 0.15) is 5.56 Å². The van der Waals surface area contributed by atoms with E-state index >= 15 is 0 Å². The third-order valence-corrected chi connectivity index (χ3v) is 6.98. The quantitative estimate of drug-likeness (QED) is 0.586. The van der Waals surface area contributed by atoms with Crippen molar-refractivity contribution in [1.29, 1.82) is 0 Å². The third-order valence-electron chi connectivity index (χ3n) is 5.70. The Hall–Kier alpha value is -2.92. The first kappa shape index (κ1) is 21.0. The molecule has 2 saturated heterocycles. The zero-order valence-corrected chi connectivity index (χ0v) is 18.4. The summed E-state index contributed by atoms with van der Waals surface area (Å²) in [6, 6.07) is 6.37. The lowest BCUT2D eigenvalue weighted by Crippen LogP contribution is -2.44. The predicted octanol–water partition coefficient (Wildman–Crippen LogP) is 1.15. The van der Waals surface area contributed by atoms with E-state index in [1.54, 1.807) is 12.1 Å². The van der Waals surface area contributed by atoms with Gasteiger partial charge in [0.15, 0.2) is 11.6 Å². The zero-order chi connectivity index (χ0) is 21.9. The summed E-state index contributed by atoms with van der Waals surface area (Å²) in [5.74, 6) is 3.00. The molecule has 9 nitrogen and oxygen atoms in total. The summed E-state index contributed by atoms with van der Waals surface area (Å²) in [4.78, 5) is 23.0. The van der Waals surface area contributed by atoms with Gasteiger partial charge in [0.1, 0.15) is 23.2 Å². The summed E-state index contributed by atoms with van der Waals surface area (Å²) >= 11 is 0.